The van der Waals surface area contributed by atoms with Crippen molar-refractivity contribution in [3.05, 3.63) is 0 Å². The molecule has 3 saturated carbocycles. The summed E-state index contributed by atoms with van der Waals surface area (Å²) in [5.41, 5.74) is -9.64. The minimum atomic E-state index is -6.60. The van der Waals surface area contributed by atoms with Gasteiger partial charge in [0.1, 0.15) is 0 Å². The predicted molar refractivity (Wildman–Crippen MR) is 165 cm³/mol. The van der Waals surface area contributed by atoms with E-state index in [2.05, 4.69) is 6.92 Å². The molecule has 0 aliphatic heterocycles. The summed E-state index contributed by atoms with van der Waals surface area (Å²) in [5, 5.41) is 0. The maximum absolute atomic E-state index is 13.3. The average molecular weight is 719 g/mol. The second-order valence-electron chi connectivity index (χ2n) is 12.6. The number of halogens is 6. The summed E-state index contributed by atoms with van der Waals surface area (Å²) >= 11 is 0. The Kier molecular flexibility index (Phi) is 16.4. The second kappa shape index (κ2) is 18.2. The van der Waals surface area contributed by atoms with Crippen LogP contribution in [0.1, 0.15) is 135 Å². The van der Waals surface area contributed by atoms with E-state index >= 15 is 0 Å². The molecule has 1 N–H and O–H groups in total. The van der Waals surface area contributed by atoms with Gasteiger partial charge >= 0.3 is 37.0 Å². The molecule has 0 amide bonds. The van der Waals surface area contributed by atoms with Crippen molar-refractivity contribution in [1.82, 2.24) is 4.13 Å². The highest BCUT2D eigenvalue weighted by Crippen LogP contribution is 2.77. The van der Waals surface area contributed by atoms with Crippen molar-refractivity contribution >= 4 is 33.3 Å². The Bertz CT molecular complexity index is 1010. The van der Waals surface area contributed by atoms with Gasteiger partial charge in [-0.25, -0.2) is 21.6 Å². The minimum absolute atomic E-state index is 0.195. The molecule has 3 aliphatic rings. The van der Waals surface area contributed by atoms with Gasteiger partial charge in [-0.05, 0) is 83.5 Å². The van der Waals surface area contributed by atoms with E-state index in [-0.39, 0.29) is 5.97 Å². The number of rotatable bonds is 13. The highest BCUT2D eigenvalue weighted by atomic mass is 32.3. The standard InChI is InChI=1S/C27H50O2P.C2HF6NO4S2/c1-2-3-4-5-15-22-29-27(28)23-30(24-16-9-6-10-17-24,25-18-11-7-12-19-25)26-20-13-8-14-21-26;3-1(4,5)14(10,11)9-15(12,13)2(6,7)8/h24-26H,2-23H2,1H3;9H/q+1;. The molecule has 0 unspecified atom stereocenters. The van der Waals surface area contributed by atoms with Crippen LogP contribution < -0.4 is 4.13 Å². The van der Waals surface area contributed by atoms with Crippen LogP contribution in [0.15, 0.2) is 0 Å². The third-order valence-corrected chi connectivity index (χ3v) is 18.9. The summed E-state index contributed by atoms with van der Waals surface area (Å²) in [6.45, 7) is 2.92. The molecular weight excluding hydrogens is 667 g/mol. The van der Waals surface area contributed by atoms with Crippen LogP contribution >= 0.6 is 7.26 Å². The van der Waals surface area contributed by atoms with Crippen LogP contribution in [0.2, 0.25) is 0 Å². The lowest BCUT2D eigenvalue weighted by molar-refractivity contribution is -0.140. The Morgan fingerprint density at radius 2 is 1.00 bits per heavy atom. The van der Waals surface area contributed by atoms with E-state index in [0.29, 0.717) is 6.61 Å². The van der Waals surface area contributed by atoms with Crippen LogP contribution in [0.4, 0.5) is 26.3 Å². The molecular formula is C29H51F6NO6PS2+. The summed E-state index contributed by atoms with van der Waals surface area (Å²) < 4.78 is 114. The van der Waals surface area contributed by atoms with E-state index in [0.717, 1.165) is 29.6 Å². The van der Waals surface area contributed by atoms with Crippen molar-refractivity contribution in [1.29, 1.82) is 0 Å². The van der Waals surface area contributed by atoms with Crippen molar-refractivity contribution in [3.63, 3.8) is 0 Å². The molecule has 0 aromatic heterocycles. The van der Waals surface area contributed by atoms with Crippen molar-refractivity contribution in [3.8, 4) is 0 Å². The number of unbranched alkanes of at least 4 members (excludes halogenated alkanes) is 4. The van der Waals surface area contributed by atoms with E-state index in [9.17, 15) is 48.0 Å². The first kappa shape index (κ1) is 40.5. The normalized spacial score (nSPS) is 20.3. The molecule has 0 bridgehead atoms. The first-order valence-electron chi connectivity index (χ1n) is 16.4. The molecule has 3 fully saturated rings. The molecule has 3 rings (SSSR count). The summed E-state index contributed by atoms with van der Waals surface area (Å²) in [6, 6.07) is 0. The molecule has 0 spiro atoms. The van der Waals surface area contributed by atoms with Crippen LogP contribution in [-0.2, 0) is 29.6 Å². The van der Waals surface area contributed by atoms with Gasteiger partial charge in [-0.1, -0.05) is 56.0 Å². The quantitative estimate of drug-likeness (QED) is 0.0884. The lowest BCUT2D eigenvalue weighted by Gasteiger charge is -2.48. The van der Waals surface area contributed by atoms with E-state index in [4.69, 9.17) is 4.74 Å². The van der Waals surface area contributed by atoms with Gasteiger partial charge in [0.2, 0.25) is 0 Å². The number of carbonyl (C=O) groups is 1. The SMILES string of the molecule is CCCCCCCOC(=O)C[P+](C1CCCCC1)(C1CCCCC1)C1CCCCC1.O=S(=O)(NS(=O)(=O)C(F)(F)F)C(F)(F)F. The third kappa shape index (κ3) is 12.1. The summed E-state index contributed by atoms with van der Waals surface area (Å²) in [7, 11) is -14.5. The number of hydrogen-bond donors (Lipinski definition) is 1. The van der Waals surface area contributed by atoms with E-state index < -0.39 is 42.5 Å². The highest BCUT2D eigenvalue weighted by Gasteiger charge is 2.58. The zero-order valence-electron chi connectivity index (χ0n) is 26.3. The Hall–Kier alpha value is -0.660. The monoisotopic (exact) mass is 718 g/mol. The van der Waals surface area contributed by atoms with Crippen LogP contribution in [-0.4, -0.2) is 63.6 Å². The molecule has 7 nitrogen and oxygen atoms in total. The lowest BCUT2D eigenvalue weighted by atomic mass is 9.99. The van der Waals surface area contributed by atoms with Crippen LogP contribution in [0, 0.1) is 0 Å². The van der Waals surface area contributed by atoms with Gasteiger partial charge < -0.3 is 4.74 Å². The molecule has 0 saturated heterocycles. The number of sulfonamides is 2. The van der Waals surface area contributed by atoms with Crippen molar-refractivity contribution in [2.75, 3.05) is 12.8 Å². The zero-order valence-corrected chi connectivity index (χ0v) is 28.8. The fourth-order valence-electron chi connectivity index (χ4n) is 7.37. The molecule has 0 aromatic carbocycles. The van der Waals surface area contributed by atoms with Gasteiger partial charge in [-0.15, -0.1) is 0 Å². The number of ether oxygens (including phenoxy) is 1. The number of nitrogens with one attached hydrogen (secondary N) is 1. The predicted octanol–water partition coefficient (Wildman–Crippen LogP) is 8.79. The topological polar surface area (TPSA) is 107 Å². The fraction of sp³-hybridized carbons (Fsp3) is 0.966. The summed E-state index contributed by atoms with van der Waals surface area (Å²) in [5.74, 6) is 0.195. The van der Waals surface area contributed by atoms with Crippen molar-refractivity contribution in [2.45, 2.75) is 163 Å². The second-order valence-corrected chi connectivity index (χ2v) is 20.7. The molecule has 0 aromatic rings. The van der Waals surface area contributed by atoms with E-state index in [1.165, 1.54) is 122 Å². The van der Waals surface area contributed by atoms with Gasteiger partial charge in [-0.3, -0.25) is 0 Å². The van der Waals surface area contributed by atoms with Gasteiger partial charge in [0, 0.05) is 7.26 Å². The smallest absolute Gasteiger partial charge is 0.463 e. The van der Waals surface area contributed by atoms with E-state index in [1.54, 1.807) is 0 Å². The van der Waals surface area contributed by atoms with Crippen LogP contribution in [0.3, 0.4) is 0 Å². The number of hydrogen-bond acceptors (Lipinski definition) is 6. The zero-order chi connectivity index (χ0) is 33.8. The molecule has 266 valence electrons. The molecule has 3 aliphatic carbocycles. The van der Waals surface area contributed by atoms with Gasteiger partial charge in [0.15, 0.2) is 6.16 Å². The van der Waals surface area contributed by atoms with Crippen LogP contribution in [0.5, 0.6) is 0 Å². The highest BCUT2D eigenvalue weighted by molar-refractivity contribution is 8.05. The molecule has 16 heteroatoms. The average Bonchev–Trinajstić information content (AvgIpc) is 2.98. The van der Waals surface area contributed by atoms with Gasteiger partial charge in [0.05, 0.1) is 23.6 Å². The van der Waals surface area contributed by atoms with Crippen LogP contribution in [0.25, 0.3) is 0 Å². The molecule has 0 heterocycles. The number of alkyl halides is 6. The molecule has 0 atom stereocenters. The molecule has 0 radical (unpaired) electrons. The first-order valence-corrected chi connectivity index (χ1v) is 21.6. The van der Waals surface area contributed by atoms with Crippen molar-refractivity contribution < 1.29 is 52.7 Å². The number of esters is 1. The Morgan fingerprint density at radius 1 is 0.644 bits per heavy atom. The third-order valence-electron chi connectivity index (χ3n) is 9.51. The molecule has 45 heavy (non-hydrogen) atoms. The van der Waals surface area contributed by atoms with Gasteiger partial charge in [0.25, 0.3) is 0 Å². The largest absolute Gasteiger partial charge is 0.512 e. The van der Waals surface area contributed by atoms with Crippen molar-refractivity contribution in [2.24, 2.45) is 0 Å². The fourth-order valence-corrected chi connectivity index (χ4v) is 16.4. The maximum atomic E-state index is 13.3. The maximum Gasteiger partial charge on any atom is 0.512 e. The number of carbonyl (C=O) groups excluding carboxylic acids is 1. The summed E-state index contributed by atoms with van der Waals surface area (Å²) in [6.07, 6.45) is 28.3. The minimum Gasteiger partial charge on any atom is -0.463 e. The van der Waals surface area contributed by atoms with E-state index in [1.807, 2.05) is 0 Å². The lowest BCUT2D eigenvalue weighted by Crippen LogP contribution is -2.45. The Morgan fingerprint density at radius 3 is 1.33 bits per heavy atom. The Labute approximate surface area is 265 Å². The van der Waals surface area contributed by atoms with Gasteiger partial charge in [-0.2, -0.15) is 26.3 Å². The summed E-state index contributed by atoms with van der Waals surface area (Å²) in [4.78, 5) is 13.3. The Balaban J connectivity index is 0.000000399. The first-order chi connectivity index (χ1) is 21.0.